The van der Waals surface area contributed by atoms with E-state index in [2.05, 4.69) is 0 Å². The normalized spacial score (nSPS) is 23.5. The summed E-state index contributed by atoms with van der Waals surface area (Å²) in [5.74, 6) is -0.292. The summed E-state index contributed by atoms with van der Waals surface area (Å²) in [5.41, 5.74) is 0.262. The number of amides is 1. The fraction of sp³-hybridized carbons (Fsp3) is 0.556. The Labute approximate surface area is 141 Å². The molecule has 0 aromatic heterocycles. The van der Waals surface area contributed by atoms with Crippen LogP contribution in [-0.4, -0.2) is 62.9 Å². The van der Waals surface area contributed by atoms with E-state index in [9.17, 15) is 9.59 Å². The SMILES string of the molecule is COC(=O)C1(c2ccccc2)CCN(C(=O)C2COCCO2)CC1. The maximum absolute atomic E-state index is 12.5. The standard InChI is InChI=1S/C18H23NO5/c1-22-17(21)18(14-5-3-2-4-6-14)7-9-19(10-8-18)16(20)15-13-23-11-12-24-15/h2-6,15H,7-13H2,1H3. The third kappa shape index (κ3) is 3.16. The van der Waals surface area contributed by atoms with E-state index in [4.69, 9.17) is 14.2 Å². The smallest absolute Gasteiger partial charge is 0.316 e. The summed E-state index contributed by atoms with van der Waals surface area (Å²) in [4.78, 5) is 26.8. The van der Waals surface area contributed by atoms with Crippen LogP contribution in [0.2, 0.25) is 0 Å². The van der Waals surface area contributed by atoms with Gasteiger partial charge >= 0.3 is 5.97 Å². The Hall–Kier alpha value is -1.92. The average Bonchev–Trinajstić information content (AvgIpc) is 2.68. The summed E-state index contributed by atoms with van der Waals surface area (Å²) in [6.45, 7) is 2.28. The van der Waals surface area contributed by atoms with E-state index < -0.39 is 11.5 Å². The van der Waals surface area contributed by atoms with E-state index in [0.717, 1.165) is 5.56 Å². The van der Waals surface area contributed by atoms with Crippen LogP contribution in [0.1, 0.15) is 18.4 Å². The number of hydrogen-bond donors (Lipinski definition) is 0. The minimum Gasteiger partial charge on any atom is -0.468 e. The van der Waals surface area contributed by atoms with Crippen molar-refractivity contribution in [3.05, 3.63) is 35.9 Å². The molecule has 2 aliphatic heterocycles. The molecular formula is C18H23NO5. The molecule has 6 nitrogen and oxygen atoms in total. The highest BCUT2D eigenvalue weighted by molar-refractivity contribution is 5.85. The number of ether oxygens (including phenoxy) is 3. The largest absolute Gasteiger partial charge is 0.468 e. The second-order valence-electron chi connectivity index (χ2n) is 6.20. The predicted molar refractivity (Wildman–Crippen MR) is 86.5 cm³/mol. The minimum absolute atomic E-state index is 0.0544. The molecule has 0 bridgehead atoms. The topological polar surface area (TPSA) is 65.1 Å². The van der Waals surface area contributed by atoms with E-state index >= 15 is 0 Å². The number of likely N-dealkylation sites (tertiary alicyclic amines) is 1. The van der Waals surface area contributed by atoms with Crippen molar-refractivity contribution in [3.63, 3.8) is 0 Å². The Morgan fingerprint density at radius 1 is 1.17 bits per heavy atom. The summed E-state index contributed by atoms with van der Waals surface area (Å²) in [7, 11) is 1.41. The number of benzene rings is 1. The Bertz CT molecular complexity index is 574. The molecule has 1 aromatic rings. The molecule has 0 radical (unpaired) electrons. The first kappa shape index (κ1) is 16.9. The number of hydrogen-bond acceptors (Lipinski definition) is 5. The van der Waals surface area contributed by atoms with Gasteiger partial charge in [0.15, 0.2) is 6.10 Å². The molecule has 2 fully saturated rings. The molecular weight excluding hydrogens is 310 g/mol. The lowest BCUT2D eigenvalue weighted by Gasteiger charge is -2.41. The quantitative estimate of drug-likeness (QED) is 0.776. The van der Waals surface area contributed by atoms with Crippen molar-refractivity contribution < 1.29 is 23.8 Å². The van der Waals surface area contributed by atoms with Crippen LogP contribution in [0.25, 0.3) is 0 Å². The first-order valence-corrected chi connectivity index (χ1v) is 8.29. The average molecular weight is 333 g/mol. The van der Waals surface area contributed by atoms with Crippen LogP contribution >= 0.6 is 0 Å². The molecule has 0 spiro atoms. The molecule has 0 saturated carbocycles. The van der Waals surface area contributed by atoms with Gasteiger partial charge in [0.2, 0.25) is 0 Å². The fourth-order valence-electron chi connectivity index (χ4n) is 3.51. The molecule has 1 atom stereocenters. The zero-order chi connectivity index (χ0) is 17.0. The summed E-state index contributed by atoms with van der Waals surface area (Å²) in [5, 5.41) is 0. The molecule has 3 rings (SSSR count). The molecule has 6 heteroatoms. The van der Waals surface area contributed by atoms with Crippen LogP contribution in [0, 0.1) is 0 Å². The van der Waals surface area contributed by atoms with E-state index in [-0.39, 0.29) is 11.9 Å². The van der Waals surface area contributed by atoms with Crippen molar-refractivity contribution in [2.45, 2.75) is 24.4 Å². The highest BCUT2D eigenvalue weighted by Gasteiger charge is 2.45. The first-order chi connectivity index (χ1) is 11.7. The number of nitrogens with zero attached hydrogens (tertiary/aromatic N) is 1. The molecule has 1 aromatic carbocycles. The van der Waals surface area contributed by atoms with Gasteiger partial charge in [0, 0.05) is 13.1 Å². The summed E-state index contributed by atoms with van der Waals surface area (Å²) >= 11 is 0. The van der Waals surface area contributed by atoms with Crippen molar-refractivity contribution in [1.82, 2.24) is 4.90 Å². The summed E-state index contributed by atoms with van der Waals surface area (Å²) in [6.07, 6.45) is 0.563. The fourth-order valence-corrected chi connectivity index (χ4v) is 3.51. The Morgan fingerprint density at radius 3 is 2.46 bits per heavy atom. The molecule has 1 unspecified atom stereocenters. The zero-order valence-corrected chi connectivity index (χ0v) is 13.9. The van der Waals surface area contributed by atoms with E-state index in [1.807, 2.05) is 30.3 Å². The maximum atomic E-state index is 12.5. The lowest BCUT2D eigenvalue weighted by Crippen LogP contribution is -2.53. The van der Waals surface area contributed by atoms with Gasteiger partial charge in [-0.2, -0.15) is 0 Å². The second kappa shape index (κ2) is 7.32. The van der Waals surface area contributed by atoms with Gasteiger partial charge in [-0.3, -0.25) is 9.59 Å². The van der Waals surface area contributed by atoms with E-state index in [0.29, 0.717) is 45.8 Å². The van der Waals surface area contributed by atoms with Gasteiger partial charge < -0.3 is 19.1 Å². The van der Waals surface area contributed by atoms with Crippen LogP contribution in [-0.2, 0) is 29.2 Å². The van der Waals surface area contributed by atoms with Gasteiger partial charge in [-0.15, -0.1) is 0 Å². The third-order valence-electron chi connectivity index (χ3n) is 4.92. The summed E-state index contributed by atoms with van der Waals surface area (Å²) in [6, 6.07) is 9.67. The van der Waals surface area contributed by atoms with Crippen LogP contribution in [0.15, 0.2) is 30.3 Å². The van der Waals surface area contributed by atoms with Crippen LogP contribution in [0.4, 0.5) is 0 Å². The molecule has 1 amide bonds. The zero-order valence-electron chi connectivity index (χ0n) is 13.9. The van der Waals surface area contributed by atoms with E-state index in [1.165, 1.54) is 7.11 Å². The van der Waals surface area contributed by atoms with Gasteiger partial charge in [-0.25, -0.2) is 0 Å². The molecule has 2 heterocycles. The van der Waals surface area contributed by atoms with Crippen LogP contribution in [0.3, 0.4) is 0 Å². The number of piperidine rings is 1. The minimum atomic E-state index is -0.684. The van der Waals surface area contributed by atoms with Gasteiger partial charge in [-0.1, -0.05) is 30.3 Å². The van der Waals surface area contributed by atoms with Crippen molar-refractivity contribution in [1.29, 1.82) is 0 Å². The molecule has 2 saturated heterocycles. The Kier molecular flexibility index (Phi) is 5.16. The Balaban J connectivity index is 1.73. The van der Waals surface area contributed by atoms with Gasteiger partial charge in [0.25, 0.3) is 5.91 Å². The van der Waals surface area contributed by atoms with Gasteiger partial charge in [0.1, 0.15) is 0 Å². The molecule has 0 N–H and O–H groups in total. The molecule has 130 valence electrons. The van der Waals surface area contributed by atoms with Crippen LogP contribution in [0.5, 0.6) is 0 Å². The van der Waals surface area contributed by atoms with Crippen molar-refractivity contribution in [2.75, 3.05) is 40.0 Å². The number of esters is 1. The van der Waals surface area contributed by atoms with Gasteiger partial charge in [0.05, 0.1) is 32.3 Å². The predicted octanol–water partition coefficient (Wildman–Crippen LogP) is 1.14. The number of rotatable bonds is 3. The third-order valence-corrected chi connectivity index (χ3v) is 4.92. The van der Waals surface area contributed by atoms with Crippen molar-refractivity contribution in [3.8, 4) is 0 Å². The number of carbonyl (C=O) groups is 2. The molecule has 0 aliphatic carbocycles. The van der Waals surface area contributed by atoms with Crippen LogP contribution < -0.4 is 0 Å². The summed E-state index contributed by atoms with van der Waals surface area (Å²) < 4.78 is 15.9. The van der Waals surface area contributed by atoms with Crippen molar-refractivity contribution in [2.24, 2.45) is 0 Å². The first-order valence-electron chi connectivity index (χ1n) is 8.29. The molecule has 24 heavy (non-hydrogen) atoms. The molecule has 2 aliphatic rings. The van der Waals surface area contributed by atoms with Crippen molar-refractivity contribution >= 4 is 11.9 Å². The maximum Gasteiger partial charge on any atom is 0.316 e. The number of methoxy groups -OCH3 is 1. The van der Waals surface area contributed by atoms with Gasteiger partial charge in [-0.05, 0) is 18.4 Å². The van der Waals surface area contributed by atoms with E-state index in [1.54, 1.807) is 4.90 Å². The highest BCUT2D eigenvalue weighted by atomic mass is 16.6. The number of carbonyl (C=O) groups excluding carboxylic acids is 2. The Morgan fingerprint density at radius 2 is 1.88 bits per heavy atom. The lowest BCUT2D eigenvalue weighted by molar-refractivity contribution is -0.162. The second-order valence-corrected chi connectivity index (χ2v) is 6.20. The monoisotopic (exact) mass is 333 g/mol. The highest BCUT2D eigenvalue weighted by Crippen LogP contribution is 2.37. The lowest BCUT2D eigenvalue weighted by atomic mass is 9.72.